The smallest absolute Gasteiger partial charge is 0.269 e. The van der Waals surface area contributed by atoms with Crippen LogP contribution in [-0.2, 0) is 0 Å². The van der Waals surface area contributed by atoms with Gasteiger partial charge in [-0.05, 0) is 50.1 Å². The van der Waals surface area contributed by atoms with Crippen molar-refractivity contribution in [3.05, 3.63) is 69.6 Å². The van der Waals surface area contributed by atoms with Crippen LogP contribution in [0.4, 0.5) is 11.4 Å². The molecule has 156 valence electrons. The van der Waals surface area contributed by atoms with Crippen LogP contribution in [0.1, 0.15) is 30.0 Å². The molecule has 0 unspecified atom stereocenters. The zero-order chi connectivity index (χ0) is 21.3. The first-order chi connectivity index (χ1) is 14.4. The van der Waals surface area contributed by atoms with Crippen molar-refractivity contribution in [3.8, 4) is 11.5 Å². The molecule has 0 N–H and O–H groups in total. The van der Waals surface area contributed by atoms with Gasteiger partial charge in [0, 0.05) is 49.6 Å². The lowest BCUT2D eigenvalue weighted by Gasteiger charge is -2.38. The average molecular weight is 407 g/mol. The molecule has 2 heterocycles. The molecule has 8 heteroatoms. The zero-order valence-corrected chi connectivity index (χ0v) is 17.4. The van der Waals surface area contributed by atoms with Crippen molar-refractivity contribution in [2.24, 2.45) is 0 Å². The van der Waals surface area contributed by atoms with Gasteiger partial charge in [-0.1, -0.05) is 12.1 Å². The van der Waals surface area contributed by atoms with Crippen LogP contribution in [0.5, 0.6) is 0 Å². The third-order valence-electron chi connectivity index (χ3n) is 5.90. The fourth-order valence-electron chi connectivity index (χ4n) is 3.83. The van der Waals surface area contributed by atoms with E-state index in [1.165, 1.54) is 28.9 Å². The van der Waals surface area contributed by atoms with E-state index in [9.17, 15) is 10.1 Å². The van der Waals surface area contributed by atoms with Crippen LogP contribution < -0.4 is 4.90 Å². The number of aryl methyl sites for hydroxylation is 1. The molecular formula is C22H25N5O3. The summed E-state index contributed by atoms with van der Waals surface area (Å²) < 4.78 is 5.88. The van der Waals surface area contributed by atoms with Gasteiger partial charge in [0.05, 0.1) is 11.0 Å². The summed E-state index contributed by atoms with van der Waals surface area (Å²) in [6.45, 7) is 10.1. The zero-order valence-electron chi connectivity index (χ0n) is 17.4. The molecule has 2 aromatic carbocycles. The molecule has 30 heavy (non-hydrogen) atoms. The van der Waals surface area contributed by atoms with Crippen LogP contribution in [0.3, 0.4) is 0 Å². The number of nitro groups is 1. The number of hydrogen-bond acceptors (Lipinski definition) is 7. The highest BCUT2D eigenvalue weighted by Gasteiger charge is 2.26. The van der Waals surface area contributed by atoms with Gasteiger partial charge < -0.3 is 9.32 Å². The molecular weight excluding hydrogens is 382 g/mol. The number of anilines is 1. The fourth-order valence-corrected chi connectivity index (χ4v) is 3.83. The molecule has 3 aromatic rings. The van der Waals surface area contributed by atoms with E-state index in [1.807, 2.05) is 0 Å². The van der Waals surface area contributed by atoms with E-state index < -0.39 is 4.92 Å². The van der Waals surface area contributed by atoms with Crippen LogP contribution in [0.25, 0.3) is 11.5 Å². The first-order valence-electron chi connectivity index (χ1n) is 10.1. The maximum absolute atomic E-state index is 10.8. The number of nitrogens with zero attached hydrogens (tertiary/aromatic N) is 5. The molecule has 0 aliphatic carbocycles. The minimum atomic E-state index is -0.428. The Labute approximate surface area is 175 Å². The second-order valence-electron chi connectivity index (χ2n) is 7.67. The maximum atomic E-state index is 10.8. The van der Waals surface area contributed by atoms with Gasteiger partial charge in [-0.3, -0.25) is 15.0 Å². The molecule has 4 rings (SSSR count). The average Bonchev–Trinajstić information content (AvgIpc) is 3.26. The topological polar surface area (TPSA) is 88.5 Å². The summed E-state index contributed by atoms with van der Waals surface area (Å²) in [5.74, 6) is 0.935. The third kappa shape index (κ3) is 3.91. The lowest BCUT2D eigenvalue weighted by molar-refractivity contribution is -0.384. The van der Waals surface area contributed by atoms with Crippen LogP contribution in [-0.4, -0.2) is 46.2 Å². The Hall–Kier alpha value is -3.26. The van der Waals surface area contributed by atoms with Crippen LogP contribution in [0, 0.1) is 24.0 Å². The van der Waals surface area contributed by atoms with E-state index in [0.717, 1.165) is 26.2 Å². The SMILES string of the molecule is Cc1cccc(N2CCN([C@H](C)c3nnc(-c4ccc([N+](=O)[O-])cc4)o3)CC2)c1C. The summed E-state index contributed by atoms with van der Waals surface area (Å²) in [7, 11) is 0. The lowest BCUT2D eigenvalue weighted by atomic mass is 10.1. The van der Waals surface area contributed by atoms with Crippen molar-refractivity contribution in [1.29, 1.82) is 0 Å². The highest BCUT2D eigenvalue weighted by atomic mass is 16.6. The number of nitro benzene ring substituents is 1. The van der Waals surface area contributed by atoms with Gasteiger partial charge >= 0.3 is 0 Å². The van der Waals surface area contributed by atoms with E-state index in [0.29, 0.717) is 17.3 Å². The van der Waals surface area contributed by atoms with E-state index in [-0.39, 0.29) is 11.7 Å². The van der Waals surface area contributed by atoms with Crippen LogP contribution >= 0.6 is 0 Å². The van der Waals surface area contributed by atoms with E-state index in [4.69, 9.17) is 4.42 Å². The van der Waals surface area contributed by atoms with Crippen molar-refractivity contribution in [2.45, 2.75) is 26.8 Å². The van der Waals surface area contributed by atoms with Gasteiger partial charge in [0.15, 0.2) is 0 Å². The molecule has 0 saturated carbocycles. The Balaban J connectivity index is 1.42. The monoisotopic (exact) mass is 407 g/mol. The summed E-state index contributed by atoms with van der Waals surface area (Å²) in [5.41, 5.74) is 4.66. The summed E-state index contributed by atoms with van der Waals surface area (Å²) >= 11 is 0. The van der Waals surface area contributed by atoms with Gasteiger partial charge in [0.2, 0.25) is 11.8 Å². The first kappa shape index (κ1) is 20.0. The Morgan fingerprint density at radius 3 is 2.40 bits per heavy atom. The Morgan fingerprint density at radius 1 is 1.03 bits per heavy atom. The predicted octanol–water partition coefficient (Wildman–Crippen LogP) is 4.14. The number of aromatic nitrogens is 2. The number of non-ortho nitro benzene ring substituents is 1. The molecule has 1 saturated heterocycles. The molecule has 8 nitrogen and oxygen atoms in total. The number of piperazine rings is 1. The molecule has 1 aromatic heterocycles. The molecule has 1 atom stereocenters. The van der Waals surface area contributed by atoms with E-state index in [2.05, 4.69) is 59.0 Å². The van der Waals surface area contributed by atoms with E-state index in [1.54, 1.807) is 12.1 Å². The first-order valence-corrected chi connectivity index (χ1v) is 10.1. The summed E-state index contributed by atoms with van der Waals surface area (Å²) in [6.07, 6.45) is 0. The number of hydrogen-bond donors (Lipinski definition) is 0. The standard InChI is InChI=1S/C22H25N5O3/c1-15-5-4-6-20(16(15)2)26-13-11-25(12-14-26)17(3)21-23-24-22(30-21)18-7-9-19(10-8-18)27(28)29/h4-10,17H,11-14H2,1-3H3/t17-/m1/s1. The lowest BCUT2D eigenvalue weighted by Crippen LogP contribution is -2.47. The minimum Gasteiger partial charge on any atom is -0.419 e. The molecule has 1 aliphatic heterocycles. The van der Waals surface area contributed by atoms with Crippen molar-refractivity contribution >= 4 is 11.4 Å². The largest absolute Gasteiger partial charge is 0.419 e. The molecule has 1 aliphatic rings. The van der Waals surface area contributed by atoms with Gasteiger partial charge in [0.25, 0.3) is 5.69 Å². The Bertz CT molecular complexity index is 1040. The fraction of sp³-hybridized carbons (Fsp3) is 0.364. The molecule has 0 amide bonds. The Kier molecular flexibility index (Phi) is 5.50. The second kappa shape index (κ2) is 8.23. The summed E-state index contributed by atoms with van der Waals surface area (Å²) in [4.78, 5) is 15.2. The van der Waals surface area contributed by atoms with Gasteiger partial charge in [-0.25, -0.2) is 0 Å². The minimum absolute atomic E-state index is 0.00468. The predicted molar refractivity (Wildman–Crippen MR) is 115 cm³/mol. The quantitative estimate of drug-likeness (QED) is 0.464. The Morgan fingerprint density at radius 2 is 1.73 bits per heavy atom. The number of benzene rings is 2. The molecule has 0 radical (unpaired) electrons. The van der Waals surface area contributed by atoms with E-state index >= 15 is 0 Å². The van der Waals surface area contributed by atoms with Gasteiger partial charge in [-0.2, -0.15) is 0 Å². The van der Waals surface area contributed by atoms with Crippen LogP contribution in [0.15, 0.2) is 46.9 Å². The highest BCUT2D eigenvalue weighted by molar-refractivity contribution is 5.56. The van der Waals surface area contributed by atoms with Crippen LogP contribution in [0.2, 0.25) is 0 Å². The van der Waals surface area contributed by atoms with Gasteiger partial charge in [0.1, 0.15) is 0 Å². The molecule has 0 spiro atoms. The molecule has 0 bridgehead atoms. The maximum Gasteiger partial charge on any atom is 0.269 e. The van der Waals surface area contributed by atoms with Gasteiger partial charge in [-0.15, -0.1) is 10.2 Å². The summed E-state index contributed by atoms with van der Waals surface area (Å²) in [6, 6.07) is 12.6. The molecule has 1 fully saturated rings. The third-order valence-corrected chi connectivity index (χ3v) is 5.90. The second-order valence-corrected chi connectivity index (χ2v) is 7.67. The number of rotatable bonds is 5. The summed E-state index contributed by atoms with van der Waals surface area (Å²) in [5, 5.41) is 19.2. The van der Waals surface area contributed by atoms with Crippen molar-refractivity contribution in [2.75, 3.05) is 31.1 Å². The highest BCUT2D eigenvalue weighted by Crippen LogP contribution is 2.28. The normalized spacial score (nSPS) is 15.9. The van der Waals surface area contributed by atoms with Crippen molar-refractivity contribution in [1.82, 2.24) is 15.1 Å². The van der Waals surface area contributed by atoms with Crippen molar-refractivity contribution < 1.29 is 9.34 Å². The van der Waals surface area contributed by atoms with Crippen molar-refractivity contribution in [3.63, 3.8) is 0 Å².